The van der Waals surface area contributed by atoms with Crippen LogP contribution in [0.25, 0.3) is 0 Å². The number of pyridine rings is 1. The number of carboxylic acids is 1. The molecule has 0 unspecified atom stereocenters. The second kappa shape index (κ2) is 7.50. The van der Waals surface area contributed by atoms with E-state index in [1.165, 1.54) is 12.3 Å². The lowest BCUT2D eigenvalue weighted by molar-refractivity contribution is 0.0696. The maximum atomic E-state index is 10.7. The van der Waals surface area contributed by atoms with Gasteiger partial charge in [0, 0.05) is 12.8 Å². The molecule has 6 heteroatoms. The lowest BCUT2D eigenvalue weighted by atomic mass is 10.2. The summed E-state index contributed by atoms with van der Waals surface area (Å²) in [6, 6.07) is 1.32. The monoisotopic (exact) mass is 254 g/mol. The van der Waals surface area contributed by atoms with Crippen molar-refractivity contribution in [2.75, 3.05) is 25.6 Å². The first-order valence-electron chi connectivity index (χ1n) is 5.84. The average Bonchev–Trinajstić information content (AvgIpc) is 2.35. The zero-order valence-electron chi connectivity index (χ0n) is 10.4. The fourth-order valence-corrected chi connectivity index (χ4v) is 1.25. The van der Waals surface area contributed by atoms with Crippen molar-refractivity contribution in [2.24, 2.45) is 0 Å². The number of aromatic carboxylic acids is 1. The summed E-state index contributed by atoms with van der Waals surface area (Å²) in [6.07, 6.45) is 3.33. The van der Waals surface area contributed by atoms with E-state index in [0.717, 1.165) is 12.8 Å². The van der Waals surface area contributed by atoms with Gasteiger partial charge in [-0.25, -0.2) is 9.78 Å². The molecule has 0 aliphatic carbocycles. The summed E-state index contributed by atoms with van der Waals surface area (Å²) in [6.45, 7) is 3.60. The molecular weight excluding hydrogens is 236 g/mol. The third kappa shape index (κ3) is 4.58. The van der Waals surface area contributed by atoms with Gasteiger partial charge in [-0.3, -0.25) is 0 Å². The number of rotatable bonds is 8. The summed E-state index contributed by atoms with van der Waals surface area (Å²) in [5.74, 6) is -0.831. The molecule has 0 radical (unpaired) electrons. The van der Waals surface area contributed by atoms with E-state index in [-0.39, 0.29) is 17.1 Å². The number of nitrogens with two attached hydrogens (primary N) is 1. The molecule has 0 bridgehead atoms. The predicted octanol–water partition coefficient (Wildman–Crippen LogP) is 1.56. The van der Waals surface area contributed by atoms with Crippen LogP contribution in [0.2, 0.25) is 0 Å². The maximum absolute atomic E-state index is 10.7. The first-order valence-corrected chi connectivity index (χ1v) is 5.84. The van der Waals surface area contributed by atoms with Crippen LogP contribution >= 0.6 is 0 Å². The van der Waals surface area contributed by atoms with Crippen molar-refractivity contribution in [1.82, 2.24) is 4.98 Å². The highest BCUT2D eigenvalue weighted by atomic mass is 16.5. The molecule has 100 valence electrons. The molecule has 0 atom stereocenters. The number of hydrogen-bond acceptors (Lipinski definition) is 5. The van der Waals surface area contributed by atoms with Crippen molar-refractivity contribution in [3.8, 4) is 5.88 Å². The van der Waals surface area contributed by atoms with Crippen LogP contribution in [0, 0.1) is 0 Å². The number of ether oxygens (including phenoxy) is 2. The minimum absolute atomic E-state index is 0.0408. The van der Waals surface area contributed by atoms with E-state index >= 15 is 0 Å². The second-order valence-corrected chi connectivity index (χ2v) is 3.74. The molecule has 3 N–H and O–H groups in total. The van der Waals surface area contributed by atoms with Crippen molar-refractivity contribution < 1.29 is 19.4 Å². The fourth-order valence-electron chi connectivity index (χ4n) is 1.25. The second-order valence-electron chi connectivity index (χ2n) is 3.74. The molecule has 0 aromatic carbocycles. The average molecular weight is 254 g/mol. The molecule has 0 fully saturated rings. The Labute approximate surface area is 106 Å². The lowest BCUT2D eigenvalue weighted by Gasteiger charge is -2.08. The largest absolute Gasteiger partial charge is 0.478 e. The smallest absolute Gasteiger partial charge is 0.337 e. The number of hydrogen-bond donors (Lipinski definition) is 2. The summed E-state index contributed by atoms with van der Waals surface area (Å²) in [4.78, 5) is 14.5. The first kappa shape index (κ1) is 14.2. The number of nitrogen functional groups attached to an aromatic ring is 1. The van der Waals surface area contributed by atoms with Gasteiger partial charge in [-0.15, -0.1) is 0 Å². The molecule has 1 aromatic heterocycles. The van der Waals surface area contributed by atoms with Gasteiger partial charge in [-0.2, -0.15) is 0 Å². The Kier molecular flexibility index (Phi) is 5.93. The van der Waals surface area contributed by atoms with Crippen LogP contribution in [0.1, 0.15) is 30.1 Å². The Bertz CT molecular complexity index is 396. The van der Waals surface area contributed by atoms with Crippen molar-refractivity contribution in [3.63, 3.8) is 0 Å². The van der Waals surface area contributed by atoms with Crippen molar-refractivity contribution in [1.29, 1.82) is 0 Å². The SMILES string of the molecule is CCCCOCCOc1ncc(C(=O)O)cc1N. The molecule has 0 amide bonds. The Morgan fingerprint density at radius 1 is 1.44 bits per heavy atom. The Hall–Kier alpha value is -1.82. The Morgan fingerprint density at radius 3 is 2.83 bits per heavy atom. The van der Waals surface area contributed by atoms with E-state index in [2.05, 4.69) is 11.9 Å². The van der Waals surface area contributed by atoms with E-state index in [0.29, 0.717) is 19.8 Å². The van der Waals surface area contributed by atoms with Gasteiger partial charge in [-0.1, -0.05) is 13.3 Å². The highest BCUT2D eigenvalue weighted by Crippen LogP contribution is 2.18. The predicted molar refractivity (Wildman–Crippen MR) is 66.8 cm³/mol. The van der Waals surface area contributed by atoms with Crippen LogP contribution in [0.5, 0.6) is 5.88 Å². The highest BCUT2D eigenvalue weighted by Gasteiger charge is 2.08. The minimum atomic E-state index is -1.07. The van der Waals surface area contributed by atoms with Gasteiger partial charge in [0.1, 0.15) is 6.61 Å². The van der Waals surface area contributed by atoms with Gasteiger partial charge in [-0.05, 0) is 12.5 Å². The van der Waals surface area contributed by atoms with E-state index in [1.807, 2.05) is 0 Å². The number of unbranched alkanes of at least 4 members (excludes halogenated alkanes) is 1. The van der Waals surface area contributed by atoms with Crippen molar-refractivity contribution in [3.05, 3.63) is 17.8 Å². The Morgan fingerprint density at radius 2 is 2.22 bits per heavy atom. The van der Waals surface area contributed by atoms with Gasteiger partial charge >= 0.3 is 5.97 Å². The zero-order valence-corrected chi connectivity index (χ0v) is 10.4. The van der Waals surface area contributed by atoms with E-state index in [4.69, 9.17) is 20.3 Å². The molecule has 6 nitrogen and oxygen atoms in total. The molecule has 0 aliphatic rings. The minimum Gasteiger partial charge on any atom is -0.478 e. The van der Waals surface area contributed by atoms with E-state index < -0.39 is 5.97 Å². The molecule has 1 aromatic rings. The molecule has 0 aliphatic heterocycles. The standard InChI is InChI=1S/C12H18N2O4/c1-2-3-4-17-5-6-18-11-10(13)7-9(8-14-11)12(15)16/h7-8H,2-6,13H2,1H3,(H,15,16). The fraction of sp³-hybridized carbons (Fsp3) is 0.500. The zero-order chi connectivity index (χ0) is 13.4. The van der Waals surface area contributed by atoms with Crippen LogP contribution in [0.3, 0.4) is 0 Å². The van der Waals surface area contributed by atoms with Crippen LogP contribution in [-0.4, -0.2) is 35.9 Å². The lowest BCUT2D eigenvalue weighted by Crippen LogP contribution is -2.10. The van der Waals surface area contributed by atoms with Gasteiger partial charge in [0.05, 0.1) is 17.9 Å². The quantitative estimate of drug-likeness (QED) is 0.683. The molecule has 0 spiro atoms. The number of carbonyl (C=O) groups is 1. The van der Waals surface area contributed by atoms with Gasteiger partial charge in [0.15, 0.2) is 0 Å². The highest BCUT2D eigenvalue weighted by molar-refractivity contribution is 5.88. The van der Waals surface area contributed by atoms with E-state index in [9.17, 15) is 4.79 Å². The third-order valence-corrected chi connectivity index (χ3v) is 2.23. The molecule has 18 heavy (non-hydrogen) atoms. The first-order chi connectivity index (χ1) is 8.65. The van der Waals surface area contributed by atoms with Crippen LogP contribution < -0.4 is 10.5 Å². The summed E-state index contributed by atoms with van der Waals surface area (Å²) in [7, 11) is 0. The topological polar surface area (TPSA) is 94.7 Å². The van der Waals surface area contributed by atoms with Gasteiger partial charge < -0.3 is 20.3 Å². The maximum Gasteiger partial charge on any atom is 0.337 e. The van der Waals surface area contributed by atoms with E-state index in [1.54, 1.807) is 0 Å². The van der Waals surface area contributed by atoms with Crippen LogP contribution in [0.4, 0.5) is 5.69 Å². The van der Waals surface area contributed by atoms with Crippen molar-refractivity contribution in [2.45, 2.75) is 19.8 Å². The van der Waals surface area contributed by atoms with Crippen molar-refractivity contribution >= 4 is 11.7 Å². The van der Waals surface area contributed by atoms with Gasteiger partial charge in [0.2, 0.25) is 5.88 Å². The molecule has 0 saturated heterocycles. The third-order valence-electron chi connectivity index (χ3n) is 2.23. The number of nitrogens with zero attached hydrogens (tertiary/aromatic N) is 1. The number of anilines is 1. The molecule has 1 heterocycles. The Balaban J connectivity index is 2.36. The summed E-state index contributed by atoms with van der Waals surface area (Å²) >= 11 is 0. The van der Waals surface area contributed by atoms with Crippen LogP contribution in [0.15, 0.2) is 12.3 Å². The molecule has 1 rings (SSSR count). The summed E-state index contributed by atoms with van der Waals surface area (Å²) < 4.78 is 10.6. The summed E-state index contributed by atoms with van der Waals surface area (Å²) in [5.41, 5.74) is 5.88. The number of aromatic nitrogens is 1. The normalized spacial score (nSPS) is 10.3. The van der Waals surface area contributed by atoms with Crippen LogP contribution in [-0.2, 0) is 4.74 Å². The van der Waals surface area contributed by atoms with Gasteiger partial charge in [0.25, 0.3) is 0 Å². The summed E-state index contributed by atoms with van der Waals surface area (Å²) in [5, 5.41) is 8.74. The molecular formula is C12H18N2O4. The number of carboxylic acid groups (broad SMARTS) is 1. The molecule has 0 saturated carbocycles.